The van der Waals surface area contributed by atoms with Crippen LogP contribution >= 0.6 is 0 Å². The lowest BCUT2D eigenvalue weighted by Crippen LogP contribution is -2.37. The molecule has 1 aliphatic rings. The number of aromatic nitrogens is 5. The lowest BCUT2D eigenvalue weighted by atomic mass is 9.89. The van der Waals surface area contributed by atoms with Crippen molar-refractivity contribution >= 4 is 16.9 Å². The Kier molecular flexibility index (Phi) is 4.71. The van der Waals surface area contributed by atoms with Gasteiger partial charge in [0.25, 0.3) is 11.8 Å². The summed E-state index contributed by atoms with van der Waals surface area (Å²) in [6, 6.07) is 0.605. The van der Waals surface area contributed by atoms with Crippen molar-refractivity contribution in [3.8, 4) is 11.8 Å². The van der Waals surface area contributed by atoms with Crippen molar-refractivity contribution in [2.24, 2.45) is 0 Å². The van der Waals surface area contributed by atoms with Crippen molar-refractivity contribution < 1.29 is 31.8 Å². The summed E-state index contributed by atoms with van der Waals surface area (Å²) in [6.07, 6.45) is -5.33. The number of aliphatic hydroxyl groups excluding tert-OH is 1. The highest BCUT2D eigenvalue weighted by Crippen LogP contribution is 2.41. The Morgan fingerprint density at radius 3 is 2.70 bits per heavy atom. The standard InChI is InChI=1S/C17H15F5N6O2/c18-16(19)3-1-9(10(29)6-16)28-14-12(13(23)25-7-26-14)15(27-28)30-11-5-8(2-4-24-11)17(20,21)22/h2,4-5,7,9-10,29H,1,3,6H2,(H2,23,25,26). The van der Waals surface area contributed by atoms with Gasteiger partial charge in [-0.05, 0) is 12.5 Å². The van der Waals surface area contributed by atoms with Crippen molar-refractivity contribution in [3.63, 3.8) is 0 Å². The van der Waals surface area contributed by atoms with Gasteiger partial charge < -0.3 is 15.6 Å². The fourth-order valence-corrected chi connectivity index (χ4v) is 3.39. The van der Waals surface area contributed by atoms with Crippen LogP contribution in [0.5, 0.6) is 11.8 Å². The molecule has 0 saturated heterocycles. The molecule has 1 aliphatic carbocycles. The van der Waals surface area contributed by atoms with E-state index in [0.717, 1.165) is 18.6 Å². The first-order valence-corrected chi connectivity index (χ1v) is 8.81. The number of alkyl halides is 5. The van der Waals surface area contributed by atoms with Gasteiger partial charge in [-0.25, -0.2) is 28.4 Å². The summed E-state index contributed by atoms with van der Waals surface area (Å²) in [5.41, 5.74) is 4.98. The Morgan fingerprint density at radius 1 is 1.23 bits per heavy atom. The normalized spacial score (nSPS) is 21.7. The maximum absolute atomic E-state index is 13.6. The van der Waals surface area contributed by atoms with Crippen LogP contribution in [0, 0.1) is 0 Å². The van der Waals surface area contributed by atoms with Gasteiger partial charge in [0, 0.05) is 25.1 Å². The first-order valence-electron chi connectivity index (χ1n) is 8.81. The predicted octanol–water partition coefficient (Wildman–Crippen LogP) is 3.34. The molecule has 0 radical (unpaired) electrons. The van der Waals surface area contributed by atoms with Crippen molar-refractivity contribution in [2.45, 2.75) is 43.5 Å². The van der Waals surface area contributed by atoms with Crippen LogP contribution in [-0.2, 0) is 6.18 Å². The number of fused-ring (bicyclic) bond motifs is 1. The minimum absolute atomic E-state index is 0.0706. The van der Waals surface area contributed by atoms with Gasteiger partial charge in [0.1, 0.15) is 17.5 Å². The molecule has 0 aliphatic heterocycles. The van der Waals surface area contributed by atoms with Crippen LogP contribution in [0.3, 0.4) is 0 Å². The number of aliphatic hydroxyl groups is 1. The SMILES string of the molecule is Nc1ncnc2c1c(Oc1cc(C(F)(F)F)ccn1)nn2C1CCC(F)(F)CC1O. The van der Waals surface area contributed by atoms with Crippen LogP contribution in [-0.4, -0.2) is 41.9 Å². The number of nitrogens with two attached hydrogens (primary N) is 1. The van der Waals surface area contributed by atoms with Gasteiger partial charge in [-0.15, -0.1) is 5.10 Å². The molecule has 3 N–H and O–H groups in total. The minimum atomic E-state index is -4.61. The highest BCUT2D eigenvalue weighted by Gasteiger charge is 2.42. The summed E-state index contributed by atoms with van der Waals surface area (Å²) in [5.74, 6) is -3.74. The number of nitrogen functional groups attached to an aromatic ring is 1. The van der Waals surface area contributed by atoms with E-state index in [2.05, 4.69) is 20.1 Å². The number of halogens is 5. The van der Waals surface area contributed by atoms with E-state index in [1.807, 2.05) is 0 Å². The smallest absolute Gasteiger partial charge is 0.416 e. The zero-order valence-corrected chi connectivity index (χ0v) is 15.1. The van der Waals surface area contributed by atoms with Crippen LogP contribution < -0.4 is 10.5 Å². The van der Waals surface area contributed by atoms with E-state index in [0.29, 0.717) is 6.07 Å². The van der Waals surface area contributed by atoms with Crippen molar-refractivity contribution in [1.29, 1.82) is 0 Å². The fraction of sp³-hybridized carbons (Fsp3) is 0.412. The molecule has 160 valence electrons. The van der Waals surface area contributed by atoms with Crippen LogP contribution in [0.1, 0.15) is 30.9 Å². The maximum atomic E-state index is 13.6. The first-order chi connectivity index (χ1) is 14.0. The molecule has 8 nitrogen and oxygen atoms in total. The van der Waals surface area contributed by atoms with Crippen LogP contribution in [0.25, 0.3) is 11.0 Å². The second-order valence-corrected chi connectivity index (χ2v) is 6.92. The van der Waals surface area contributed by atoms with Crippen molar-refractivity contribution in [2.75, 3.05) is 5.73 Å². The fourth-order valence-electron chi connectivity index (χ4n) is 3.39. The zero-order chi connectivity index (χ0) is 21.7. The number of hydrogen-bond acceptors (Lipinski definition) is 7. The second-order valence-electron chi connectivity index (χ2n) is 6.92. The van der Waals surface area contributed by atoms with Gasteiger partial charge in [-0.1, -0.05) is 0 Å². The number of rotatable bonds is 3. The van der Waals surface area contributed by atoms with E-state index in [4.69, 9.17) is 10.5 Å². The van der Waals surface area contributed by atoms with E-state index in [1.54, 1.807) is 0 Å². The Balaban J connectivity index is 1.75. The molecule has 3 aromatic rings. The van der Waals surface area contributed by atoms with Crippen LogP contribution in [0.4, 0.5) is 27.8 Å². The summed E-state index contributed by atoms with van der Waals surface area (Å²) in [5, 5.41) is 14.4. The number of anilines is 1. The Morgan fingerprint density at radius 2 is 2.00 bits per heavy atom. The van der Waals surface area contributed by atoms with E-state index in [9.17, 15) is 27.1 Å². The number of pyridine rings is 1. The predicted molar refractivity (Wildman–Crippen MR) is 92.9 cm³/mol. The zero-order valence-electron chi connectivity index (χ0n) is 15.1. The minimum Gasteiger partial charge on any atom is -0.418 e. The van der Waals surface area contributed by atoms with E-state index < -0.39 is 48.5 Å². The Hall–Kier alpha value is -3.09. The third-order valence-electron chi connectivity index (χ3n) is 4.82. The number of hydrogen-bond donors (Lipinski definition) is 2. The molecule has 3 aromatic heterocycles. The van der Waals surface area contributed by atoms with Gasteiger partial charge >= 0.3 is 6.18 Å². The number of ether oxygens (including phenoxy) is 1. The lowest BCUT2D eigenvalue weighted by Gasteiger charge is -2.32. The van der Waals surface area contributed by atoms with Gasteiger partial charge in [0.05, 0.1) is 17.7 Å². The van der Waals surface area contributed by atoms with Crippen LogP contribution in [0.15, 0.2) is 24.7 Å². The largest absolute Gasteiger partial charge is 0.418 e. The molecule has 2 atom stereocenters. The van der Waals surface area contributed by atoms with Crippen molar-refractivity contribution in [1.82, 2.24) is 24.7 Å². The molecule has 0 bridgehead atoms. The molecule has 2 unspecified atom stereocenters. The summed E-state index contributed by atoms with van der Waals surface area (Å²) in [4.78, 5) is 11.6. The summed E-state index contributed by atoms with van der Waals surface area (Å²) >= 11 is 0. The average Bonchev–Trinajstić information content (AvgIpc) is 3.00. The van der Waals surface area contributed by atoms with E-state index in [1.165, 1.54) is 4.68 Å². The van der Waals surface area contributed by atoms with Gasteiger partial charge in [0.15, 0.2) is 5.65 Å². The molecule has 0 aromatic carbocycles. The van der Waals surface area contributed by atoms with Gasteiger partial charge in [-0.2, -0.15) is 13.2 Å². The molecule has 30 heavy (non-hydrogen) atoms. The maximum Gasteiger partial charge on any atom is 0.416 e. The Bertz CT molecular complexity index is 1090. The average molecular weight is 430 g/mol. The monoisotopic (exact) mass is 430 g/mol. The van der Waals surface area contributed by atoms with E-state index in [-0.39, 0.29) is 29.2 Å². The van der Waals surface area contributed by atoms with Gasteiger partial charge in [-0.3, -0.25) is 0 Å². The molecule has 4 rings (SSSR count). The molecule has 3 heterocycles. The van der Waals surface area contributed by atoms with Crippen molar-refractivity contribution in [3.05, 3.63) is 30.2 Å². The molecular weight excluding hydrogens is 415 g/mol. The van der Waals surface area contributed by atoms with Gasteiger partial charge in [0.2, 0.25) is 5.88 Å². The summed E-state index contributed by atoms with van der Waals surface area (Å²) in [6.45, 7) is 0. The summed E-state index contributed by atoms with van der Waals surface area (Å²) < 4.78 is 72.6. The third-order valence-corrected chi connectivity index (χ3v) is 4.82. The molecule has 0 spiro atoms. The number of nitrogens with zero attached hydrogens (tertiary/aromatic N) is 5. The first kappa shape index (κ1) is 20.2. The molecular formula is C17H15F5N6O2. The van der Waals surface area contributed by atoms with E-state index >= 15 is 0 Å². The summed E-state index contributed by atoms with van der Waals surface area (Å²) in [7, 11) is 0. The topological polar surface area (TPSA) is 112 Å². The molecule has 13 heteroatoms. The quantitative estimate of drug-likeness (QED) is 0.613. The highest BCUT2D eigenvalue weighted by molar-refractivity contribution is 5.90. The molecule has 0 amide bonds. The lowest BCUT2D eigenvalue weighted by molar-refractivity contribution is -0.137. The second kappa shape index (κ2) is 7.00. The third kappa shape index (κ3) is 3.72. The Labute approximate surface area is 165 Å². The molecule has 1 fully saturated rings. The molecule has 1 saturated carbocycles. The highest BCUT2D eigenvalue weighted by atomic mass is 19.4. The van der Waals surface area contributed by atoms with Crippen LogP contribution in [0.2, 0.25) is 0 Å².